The van der Waals surface area contributed by atoms with E-state index in [2.05, 4.69) is 10.4 Å². The highest BCUT2D eigenvalue weighted by Crippen LogP contribution is 2.32. The molecule has 1 N–H and O–H groups in total. The second-order valence-electron chi connectivity index (χ2n) is 6.19. The zero-order chi connectivity index (χ0) is 19.5. The molecule has 1 unspecified atom stereocenters. The number of allylic oxidation sites excluding steroid dienone is 2. The van der Waals surface area contributed by atoms with Crippen molar-refractivity contribution in [3.05, 3.63) is 41.8 Å². The van der Waals surface area contributed by atoms with Gasteiger partial charge in [0.05, 0.1) is 17.7 Å². The van der Waals surface area contributed by atoms with Crippen molar-refractivity contribution < 1.29 is 27.5 Å². The fourth-order valence-corrected chi connectivity index (χ4v) is 2.65. The van der Waals surface area contributed by atoms with E-state index in [4.69, 9.17) is 4.74 Å². The molecular formula is C17H20F3N3O3. The van der Waals surface area contributed by atoms with E-state index >= 15 is 0 Å². The summed E-state index contributed by atoms with van der Waals surface area (Å²) in [5, 5.41) is 5.83. The SMILES string of the molecule is CCCOC(=O)[C@H]1C=CC=CC1(C)NC(=O)c1cn(C)nc1C(F)(F)F. The molecule has 1 aliphatic carbocycles. The van der Waals surface area contributed by atoms with Crippen LogP contribution in [-0.4, -0.2) is 33.8 Å². The average Bonchev–Trinajstić information content (AvgIpc) is 2.95. The first-order valence-corrected chi connectivity index (χ1v) is 8.04. The number of aromatic nitrogens is 2. The van der Waals surface area contributed by atoms with E-state index in [1.165, 1.54) is 7.05 Å². The Hall–Kier alpha value is -2.58. The highest BCUT2D eigenvalue weighted by atomic mass is 19.4. The van der Waals surface area contributed by atoms with Crippen molar-refractivity contribution in [2.75, 3.05) is 6.61 Å². The molecule has 1 aromatic heterocycles. The van der Waals surface area contributed by atoms with Crippen LogP contribution in [0.25, 0.3) is 0 Å². The van der Waals surface area contributed by atoms with Crippen LogP contribution >= 0.6 is 0 Å². The molecule has 1 aliphatic rings. The first kappa shape index (κ1) is 19.7. The minimum absolute atomic E-state index is 0.220. The third-order valence-corrected chi connectivity index (χ3v) is 3.93. The molecule has 1 heterocycles. The van der Waals surface area contributed by atoms with Crippen molar-refractivity contribution in [3.8, 4) is 0 Å². The van der Waals surface area contributed by atoms with Gasteiger partial charge < -0.3 is 10.1 Å². The number of aryl methyl sites for hydroxylation is 1. The number of nitrogens with one attached hydrogen (secondary N) is 1. The van der Waals surface area contributed by atoms with Crippen LogP contribution in [0.1, 0.15) is 36.3 Å². The van der Waals surface area contributed by atoms with Crippen molar-refractivity contribution >= 4 is 11.9 Å². The zero-order valence-electron chi connectivity index (χ0n) is 14.6. The van der Waals surface area contributed by atoms with Crippen LogP contribution < -0.4 is 5.32 Å². The lowest BCUT2D eigenvalue weighted by Crippen LogP contribution is -2.53. The Labute approximate surface area is 148 Å². The zero-order valence-corrected chi connectivity index (χ0v) is 14.6. The Kier molecular flexibility index (Phi) is 5.58. The van der Waals surface area contributed by atoms with Gasteiger partial charge in [0.1, 0.15) is 5.92 Å². The molecule has 0 aromatic carbocycles. The topological polar surface area (TPSA) is 73.2 Å². The van der Waals surface area contributed by atoms with Crippen molar-refractivity contribution in [1.82, 2.24) is 15.1 Å². The standard InChI is InChI=1S/C17H20F3N3O3/c1-4-9-26-15(25)12-7-5-6-8-16(12,2)21-14(24)11-10-23(3)22-13(11)17(18,19)20/h5-8,10,12H,4,9H2,1-3H3,(H,21,24)/t12-,16?/m1/s1. The molecule has 9 heteroatoms. The number of alkyl halides is 3. The van der Waals surface area contributed by atoms with Crippen LogP contribution in [0.5, 0.6) is 0 Å². The Balaban J connectivity index is 2.28. The maximum atomic E-state index is 13.1. The number of carbonyl (C=O) groups excluding carboxylic acids is 2. The second kappa shape index (κ2) is 7.35. The highest BCUT2D eigenvalue weighted by molar-refractivity contribution is 5.96. The van der Waals surface area contributed by atoms with E-state index in [0.717, 1.165) is 10.9 Å². The molecule has 1 aromatic rings. The summed E-state index contributed by atoms with van der Waals surface area (Å²) in [6, 6.07) is 0. The van der Waals surface area contributed by atoms with Gasteiger partial charge in [0, 0.05) is 13.2 Å². The van der Waals surface area contributed by atoms with Gasteiger partial charge in [-0.25, -0.2) is 0 Å². The smallest absolute Gasteiger partial charge is 0.435 e. The van der Waals surface area contributed by atoms with Crippen LogP contribution in [0.15, 0.2) is 30.5 Å². The monoisotopic (exact) mass is 371 g/mol. The minimum Gasteiger partial charge on any atom is -0.465 e. The molecule has 0 saturated carbocycles. The Morgan fingerprint density at radius 1 is 1.38 bits per heavy atom. The van der Waals surface area contributed by atoms with Crippen LogP contribution in [-0.2, 0) is 22.8 Å². The number of rotatable bonds is 5. The van der Waals surface area contributed by atoms with Gasteiger partial charge >= 0.3 is 12.1 Å². The van der Waals surface area contributed by atoms with Crippen molar-refractivity contribution in [2.45, 2.75) is 32.0 Å². The van der Waals surface area contributed by atoms with Gasteiger partial charge in [0.2, 0.25) is 0 Å². The van der Waals surface area contributed by atoms with Gasteiger partial charge in [-0.2, -0.15) is 18.3 Å². The molecule has 0 aliphatic heterocycles. The first-order chi connectivity index (χ1) is 12.1. The van der Waals surface area contributed by atoms with E-state index < -0.39 is 40.8 Å². The fraction of sp³-hybridized carbons (Fsp3) is 0.471. The summed E-state index contributed by atoms with van der Waals surface area (Å²) in [6.07, 6.45) is 3.18. The van der Waals surface area contributed by atoms with E-state index in [0.29, 0.717) is 6.42 Å². The summed E-state index contributed by atoms with van der Waals surface area (Å²) >= 11 is 0. The molecule has 2 atom stereocenters. The predicted octanol–water partition coefficient (Wildman–Crippen LogP) is 2.62. The molecule has 0 spiro atoms. The fourth-order valence-electron chi connectivity index (χ4n) is 2.65. The summed E-state index contributed by atoms with van der Waals surface area (Å²) in [6.45, 7) is 3.61. The van der Waals surface area contributed by atoms with Gasteiger partial charge in [0.15, 0.2) is 5.69 Å². The molecular weight excluding hydrogens is 351 g/mol. The maximum absolute atomic E-state index is 13.1. The average molecular weight is 371 g/mol. The molecule has 0 saturated heterocycles. The van der Waals surface area contributed by atoms with Crippen molar-refractivity contribution in [1.29, 1.82) is 0 Å². The quantitative estimate of drug-likeness (QED) is 0.808. The minimum atomic E-state index is -4.77. The highest BCUT2D eigenvalue weighted by Gasteiger charge is 2.43. The summed E-state index contributed by atoms with van der Waals surface area (Å²) < 4.78 is 45.3. The van der Waals surface area contributed by atoms with Crippen LogP contribution in [0.2, 0.25) is 0 Å². The van der Waals surface area contributed by atoms with Gasteiger partial charge in [-0.1, -0.05) is 31.2 Å². The van der Waals surface area contributed by atoms with Crippen LogP contribution in [0.3, 0.4) is 0 Å². The normalized spacial score (nSPS) is 22.3. The maximum Gasteiger partial charge on any atom is 0.435 e. The van der Waals surface area contributed by atoms with Crippen molar-refractivity contribution in [3.63, 3.8) is 0 Å². The number of carbonyl (C=O) groups is 2. The van der Waals surface area contributed by atoms with Gasteiger partial charge in [0.25, 0.3) is 5.91 Å². The third kappa shape index (κ3) is 4.14. The number of halogens is 3. The van der Waals surface area contributed by atoms with Crippen LogP contribution in [0.4, 0.5) is 13.2 Å². The molecule has 2 rings (SSSR count). The lowest BCUT2D eigenvalue weighted by Gasteiger charge is -2.34. The lowest BCUT2D eigenvalue weighted by atomic mass is 9.82. The van der Waals surface area contributed by atoms with Crippen molar-refractivity contribution in [2.24, 2.45) is 13.0 Å². The van der Waals surface area contributed by atoms with E-state index in [1.54, 1.807) is 31.2 Å². The summed E-state index contributed by atoms with van der Waals surface area (Å²) in [7, 11) is 1.29. The number of ether oxygens (including phenoxy) is 1. The molecule has 6 nitrogen and oxygen atoms in total. The molecule has 0 radical (unpaired) electrons. The number of hydrogen-bond acceptors (Lipinski definition) is 4. The van der Waals surface area contributed by atoms with E-state index in [9.17, 15) is 22.8 Å². The third-order valence-electron chi connectivity index (χ3n) is 3.93. The number of esters is 1. The van der Waals surface area contributed by atoms with E-state index in [1.807, 2.05) is 6.92 Å². The van der Waals surface area contributed by atoms with Gasteiger partial charge in [-0.3, -0.25) is 14.3 Å². The second-order valence-corrected chi connectivity index (χ2v) is 6.19. The molecule has 0 bridgehead atoms. The molecule has 26 heavy (non-hydrogen) atoms. The first-order valence-electron chi connectivity index (χ1n) is 8.04. The summed E-state index contributed by atoms with van der Waals surface area (Å²) in [4.78, 5) is 24.8. The number of hydrogen-bond donors (Lipinski definition) is 1. The summed E-state index contributed by atoms with van der Waals surface area (Å²) in [5.74, 6) is -2.38. The van der Waals surface area contributed by atoms with Gasteiger partial charge in [-0.05, 0) is 13.3 Å². The molecule has 142 valence electrons. The molecule has 1 amide bonds. The largest absolute Gasteiger partial charge is 0.465 e. The Bertz CT molecular complexity index is 752. The lowest BCUT2D eigenvalue weighted by molar-refractivity contribution is -0.148. The van der Waals surface area contributed by atoms with Crippen LogP contribution in [0, 0.1) is 5.92 Å². The Morgan fingerprint density at radius 3 is 2.69 bits per heavy atom. The predicted molar refractivity (Wildman–Crippen MR) is 87.1 cm³/mol. The number of nitrogens with zero attached hydrogens (tertiary/aromatic N) is 2. The molecule has 0 fully saturated rings. The Morgan fingerprint density at radius 2 is 2.08 bits per heavy atom. The summed E-state index contributed by atoms with van der Waals surface area (Å²) in [5.41, 5.74) is -3.11. The number of amides is 1. The van der Waals surface area contributed by atoms with Gasteiger partial charge in [-0.15, -0.1) is 0 Å². The van der Waals surface area contributed by atoms with E-state index in [-0.39, 0.29) is 6.61 Å².